The molecule has 1 aromatic heterocycles. The molecule has 1 aliphatic heterocycles. The van der Waals surface area contributed by atoms with Gasteiger partial charge in [-0.05, 0) is 12.1 Å². The van der Waals surface area contributed by atoms with Crippen LogP contribution in [-0.4, -0.2) is 28.1 Å². The number of H-pyrrole nitrogens is 1. The highest BCUT2D eigenvalue weighted by molar-refractivity contribution is 5.94. The second-order valence-corrected chi connectivity index (χ2v) is 4.31. The van der Waals surface area contributed by atoms with E-state index in [2.05, 4.69) is 15.5 Å². The molecule has 0 fully saturated rings. The monoisotopic (exact) mass is 242 g/mol. The molecule has 92 valence electrons. The Morgan fingerprint density at radius 2 is 2.11 bits per heavy atom. The van der Waals surface area contributed by atoms with Gasteiger partial charge >= 0.3 is 0 Å². The maximum Gasteiger partial charge on any atom is 0.254 e. The van der Waals surface area contributed by atoms with Crippen LogP contribution in [-0.2, 0) is 13.1 Å². The third-order valence-electron chi connectivity index (χ3n) is 3.20. The molecule has 0 bridgehead atoms. The van der Waals surface area contributed by atoms with E-state index in [4.69, 9.17) is 0 Å². The Kier molecular flexibility index (Phi) is 2.51. The summed E-state index contributed by atoms with van der Waals surface area (Å²) in [5.74, 6) is 0.885. The molecular formula is C13H14N4O. The van der Waals surface area contributed by atoms with Crippen LogP contribution >= 0.6 is 0 Å². The lowest BCUT2D eigenvalue weighted by Crippen LogP contribution is -2.25. The van der Waals surface area contributed by atoms with Gasteiger partial charge in [0.2, 0.25) is 0 Å². The van der Waals surface area contributed by atoms with Gasteiger partial charge < -0.3 is 10.2 Å². The first-order valence-corrected chi connectivity index (χ1v) is 5.88. The Bertz CT molecular complexity index is 576. The second kappa shape index (κ2) is 4.18. The van der Waals surface area contributed by atoms with Crippen molar-refractivity contribution in [2.24, 2.45) is 0 Å². The average Bonchev–Trinajstić information content (AvgIpc) is 2.98. The largest absolute Gasteiger partial charge is 0.371 e. The second-order valence-electron chi connectivity index (χ2n) is 4.31. The number of benzene rings is 1. The van der Waals surface area contributed by atoms with Crippen LogP contribution in [0.1, 0.15) is 21.6 Å². The summed E-state index contributed by atoms with van der Waals surface area (Å²) in [5, 5.41) is 10.1. The normalized spacial score (nSPS) is 13.5. The van der Waals surface area contributed by atoms with Crippen LogP contribution in [0.4, 0.5) is 5.82 Å². The fourth-order valence-electron chi connectivity index (χ4n) is 2.25. The van der Waals surface area contributed by atoms with E-state index in [0.29, 0.717) is 13.1 Å². The lowest BCUT2D eigenvalue weighted by atomic mass is 10.2. The first-order valence-electron chi connectivity index (χ1n) is 5.88. The number of hydrogen-bond donors (Lipinski definition) is 2. The van der Waals surface area contributed by atoms with Crippen molar-refractivity contribution in [3.8, 4) is 0 Å². The first-order chi connectivity index (χ1) is 8.79. The Morgan fingerprint density at radius 3 is 2.83 bits per heavy atom. The maximum atomic E-state index is 12.3. The van der Waals surface area contributed by atoms with Gasteiger partial charge in [-0.15, -0.1) is 0 Å². The minimum absolute atomic E-state index is 0.0576. The van der Waals surface area contributed by atoms with Crippen molar-refractivity contribution < 1.29 is 4.79 Å². The Morgan fingerprint density at radius 1 is 1.33 bits per heavy atom. The third kappa shape index (κ3) is 1.64. The minimum atomic E-state index is 0.0576. The predicted octanol–water partition coefficient (Wildman–Crippen LogP) is 1.61. The number of amides is 1. The number of carbonyl (C=O) groups excluding carboxylic acids is 1. The molecule has 0 radical (unpaired) electrons. The van der Waals surface area contributed by atoms with Gasteiger partial charge in [-0.25, -0.2) is 0 Å². The summed E-state index contributed by atoms with van der Waals surface area (Å²) >= 11 is 0. The zero-order valence-electron chi connectivity index (χ0n) is 10.1. The van der Waals surface area contributed by atoms with Crippen LogP contribution in [0.15, 0.2) is 30.3 Å². The van der Waals surface area contributed by atoms with Gasteiger partial charge in [-0.3, -0.25) is 9.89 Å². The summed E-state index contributed by atoms with van der Waals surface area (Å²) in [6.45, 7) is 1.20. The van der Waals surface area contributed by atoms with Crippen LogP contribution < -0.4 is 5.32 Å². The molecule has 0 spiro atoms. The van der Waals surface area contributed by atoms with Crippen molar-refractivity contribution in [1.82, 2.24) is 15.1 Å². The van der Waals surface area contributed by atoms with Gasteiger partial charge in [0.15, 0.2) is 5.82 Å². The predicted molar refractivity (Wildman–Crippen MR) is 68.2 cm³/mol. The van der Waals surface area contributed by atoms with Gasteiger partial charge in [0.25, 0.3) is 5.91 Å². The van der Waals surface area contributed by atoms with E-state index in [1.54, 1.807) is 0 Å². The lowest BCUT2D eigenvalue weighted by molar-refractivity contribution is 0.0750. The Labute approximate surface area is 105 Å². The number of aromatic nitrogens is 2. The molecule has 0 saturated heterocycles. The number of carbonyl (C=O) groups is 1. The summed E-state index contributed by atoms with van der Waals surface area (Å²) in [5.41, 5.74) is 2.83. The van der Waals surface area contributed by atoms with Crippen molar-refractivity contribution in [1.29, 1.82) is 0 Å². The zero-order chi connectivity index (χ0) is 12.5. The van der Waals surface area contributed by atoms with Gasteiger partial charge in [0.1, 0.15) is 0 Å². The van der Waals surface area contributed by atoms with Gasteiger partial charge in [-0.1, -0.05) is 18.2 Å². The quantitative estimate of drug-likeness (QED) is 0.841. The van der Waals surface area contributed by atoms with Gasteiger partial charge in [0.05, 0.1) is 18.8 Å². The van der Waals surface area contributed by atoms with Crippen molar-refractivity contribution >= 4 is 11.7 Å². The third-order valence-corrected chi connectivity index (χ3v) is 3.20. The molecule has 3 rings (SSSR count). The highest BCUT2D eigenvalue weighted by Crippen LogP contribution is 2.27. The highest BCUT2D eigenvalue weighted by atomic mass is 16.2. The smallest absolute Gasteiger partial charge is 0.254 e. The molecule has 0 aliphatic carbocycles. The molecule has 1 amide bonds. The summed E-state index contributed by atoms with van der Waals surface area (Å²) in [6, 6.07) is 9.34. The van der Waals surface area contributed by atoms with E-state index in [0.717, 1.165) is 22.6 Å². The molecule has 0 unspecified atom stereocenters. The van der Waals surface area contributed by atoms with E-state index in [9.17, 15) is 4.79 Å². The number of anilines is 1. The fourth-order valence-corrected chi connectivity index (χ4v) is 2.25. The number of hydrogen-bond acceptors (Lipinski definition) is 3. The van der Waals surface area contributed by atoms with Crippen molar-refractivity contribution in [3.63, 3.8) is 0 Å². The summed E-state index contributed by atoms with van der Waals surface area (Å²) in [4.78, 5) is 14.1. The van der Waals surface area contributed by atoms with E-state index < -0.39 is 0 Å². The van der Waals surface area contributed by atoms with E-state index >= 15 is 0 Å². The molecular weight excluding hydrogens is 228 g/mol. The lowest BCUT2D eigenvalue weighted by Gasteiger charge is -2.15. The number of nitrogens with zero attached hydrogens (tertiary/aromatic N) is 2. The van der Waals surface area contributed by atoms with Crippen LogP contribution in [0.25, 0.3) is 0 Å². The van der Waals surface area contributed by atoms with Crippen LogP contribution in [0.3, 0.4) is 0 Å². The molecule has 1 aliphatic rings. The molecule has 2 aromatic rings. The highest BCUT2D eigenvalue weighted by Gasteiger charge is 2.28. The van der Waals surface area contributed by atoms with Crippen LogP contribution in [0.5, 0.6) is 0 Å². The van der Waals surface area contributed by atoms with Crippen LogP contribution in [0.2, 0.25) is 0 Å². The van der Waals surface area contributed by atoms with Crippen molar-refractivity contribution in [2.45, 2.75) is 13.1 Å². The number of fused-ring (bicyclic) bond motifs is 1. The maximum absolute atomic E-state index is 12.3. The van der Waals surface area contributed by atoms with Crippen molar-refractivity contribution in [2.75, 3.05) is 12.4 Å². The number of rotatable bonds is 2. The Balaban J connectivity index is 1.82. The molecule has 0 atom stereocenters. The number of nitrogens with one attached hydrogen (secondary N) is 2. The fraction of sp³-hybridized carbons (Fsp3) is 0.231. The van der Waals surface area contributed by atoms with Crippen molar-refractivity contribution in [3.05, 3.63) is 47.2 Å². The zero-order valence-corrected chi connectivity index (χ0v) is 10.1. The summed E-state index contributed by atoms with van der Waals surface area (Å²) in [6.07, 6.45) is 0. The van der Waals surface area contributed by atoms with E-state index in [-0.39, 0.29) is 5.91 Å². The molecule has 2 N–H and O–H groups in total. The molecule has 1 aromatic carbocycles. The summed E-state index contributed by atoms with van der Waals surface area (Å²) in [7, 11) is 1.83. The van der Waals surface area contributed by atoms with Gasteiger partial charge in [-0.2, -0.15) is 5.10 Å². The number of aromatic amines is 1. The molecule has 0 saturated carbocycles. The topological polar surface area (TPSA) is 61.0 Å². The van der Waals surface area contributed by atoms with E-state index in [1.807, 2.05) is 42.3 Å². The Hall–Kier alpha value is -2.30. The molecule has 18 heavy (non-hydrogen) atoms. The minimum Gasteiger partial charge on any atom is -0.371 e. The first kappa shape index (κ1) is 10.8. The molecule has 5 nitrogen and oxygen atoms in total. The summed E-state index contributed by atoms with van der Waals surface area (Å²) < 4.78 is 0. The SMILES string of the molecule is CNc1n[nH]c2c1CN(C(=O)c1ccccc1)C2. The van der Waals surface area contributed by atoms with Gasteiger partial charge in [0, 0.05) is 18.2 Å². The molecule has 5 heteroatoms. The molecule has 2 heterocycles. The van der Waals surface area contributed by atoms with Crippen LogP contribution in [0, 0.1) is 0 Å². The average molecular weight is 242 g/mol. The standard InChI is InChI=1S/C13H14N4O/c1-14-12-10-7-17(8-11(10)15-16-12)13(18)9-5-3-2-4-6-9/h2-6H,7-8H2,1H3,(H2,14,15,16). The van der Waals surface area contributed by atoms with E-state index in [1.165, 1.54) is 0 Å².